The Morgan fingerprint density at radius 2 is 1.45 bits per heavy atom. The van der Waals surface area contributed by atoms with E-state index in [0.29, 0.717) is 11.6 Å². The van der Waals surface area contributed by atoms with Crippen LogP contribution in [0.5, 0.6) is 0 Å². The number of aryl methyl sites for hydroxylation is 1. The van der Waals surface area contributed by atoms with Gasteiger partial charge in [0.2, 0.25) is 0 Å². The molecule has 33 heavy (non-hydrogen) atoms. The van der Waals surface area contributed by atoms with Crippen molar-refractivity contribution in [1.29, 1.82) is 0 Å². The van der Waals surface area contributed by atoms with E-state index in [9.17, 15) is 14.4 Å². The molecule has 0 spiro atoms. The summed E-state index contributed by atoms with van der Waals surface area (Å²) in [5.74, 6) is -0.787. The second-order valence-electron chi connectivity index (χ2n) is 8.59. The second kappa shape index (κ2) is 8.54. The van der Waals surface area contributed by atoms with Gasteiger partial charge >= 0.3 is 6.03 Å². The van der Waals surface area contributed by atoms with E-state index in [1.807, 2.05) is 19.9 Å². The van der Waals surface area contributed by atoms with E-state index in [4.69, 9.17) is 0 Å². The molecule has 1 aliphatic rings. The van der Waals surface area contributed by atoms with Gasteiger partial charge in [0, 0.05) is 24.1 Å². The van der Waals surface area contributed by atoms with Gasteiger partial charge in [-0.3, -0.25) is 14.5 Å². The highest BCUT2D eigenvalue weighted by atomic mass is 16.2. The maximum Gasteiger partial charge on any atom is 0.338 e. The van der Waals surface area contributed by atoms with Crippen molar-refractivity contribution in [2.45, 2.75) is 33.6 Å². The topological polar surface area (TPSA) is 62.6 Å². The van der Waals surface area contributed by atoms with Crippen molar-refractivity contribution in [2.75, 3.05) is 11.9 Å². The van der Waals surface area contributed by atoms with Gasteiger partial charge in [-0.05, 0) is 67.3 Å². The zero-order valence-electron chi connectivity index (χ0n) is 19.5. The van der Waals surface area contributed by atoms with Crippen LogP contribution in [0.4, 0.5) is 10.5 Å². The first-order chi connectivity index (χ1) is 15.7. The number of benzene rings is 2. The monoisotopic (exact) mass is 441 g/mol. The normalized spacial score (nSPS) is 15.8. The highest BCUT2D eigenvalue weighted by Gasteiger charge is 2.41. The maximum atomic E-state index is 13.3. The van der Waals surface area contributed by atoms with Crippen LogP contribution in [-0.4, -0.2) is 34.4 Å². The van der Waals surface area contributed by atoms with Crippen molar-refractivity contribution in [3.8, 4) is 5.69 Å². The molecule has 3 aromatic rings. The number of imide groups is 2. The van der Waals surface area contributed by atoms with Gasteiger partial charge < -0.3 is 4.57 Å². The van der Waals surface area contributed by atoms with Crippen LogP contribution < -0.4 is 4.90 Å². The number of likely N-dealkylation sites (N-methyl/N-ethyl adjacent to an activating group) is 1. The number of urea groups is 1. The number of para-hydroxylation sites is 1. The van der Waals surface area contributed by atoms with E-state index in [2.05, 4.69) is 42.7 Å². The zero-order chi connectivity index (χ0) is 23.9. The Labute approximate surface area is 193 Å². The molecule has 1 saturated heterocycles. The summed E-state index contributed by atoms with van der Waals surface area (Å²) in [4.78, 5) is 40.9. The molecule has 2 aromatic carbocycles. The number of carbonyl (C=O) groups excluding carboxylic acids is 3. The zero-order valence-corrected chi connectivity index (χ0v) is 19.5. The number of rotatable bonds is 4. The fourth-order valence-corrected chi connectivity index (χ4v) is 4.14. The van der Waals surface area contributed by atoms with Gasteiger partial charge in [-0.1, -0.05) is 44.2 Å². The number of aromatic nitrogens is 1. The summed E-state index contributed by atoms with van der Waals surface area (Å²) >= 11 is 0. The van der Waals surface area contributed by atoms with Gasteiger partial charge in [0.25, 0.3) is 11.8 Å². The lowest BCUT2D eigenvalue weighted by molar-refractivity contribution is -0.128. The molecule has 6 nitrogen and oxygen atoms in total. The van der Waals surface area contributed by atoms with Gasteiger partial charge in [0.05, 0.1) is 5.69 Å². The van der Waals surface area contributed by atoms with Crippen molar-refractivity contribution < 1.29 is 14.4 Å². The van der Waals surface area contributed by atoms with E-state index >= 15 is 0 Å². The molecule has 2 heterocycles. The lowest BCUT2D eigenvalue weighted by Crippen LogP contribution is -2.55. The fourth-order valence-electron chi connectivity index (χ4n) is 4.14. The number of amides is 4. The van der Waals surface area contributed by atoms with E-state index < -0.39 is 17.8 Å². The molecule has 0 saturated carbocycles. The van der Waals surface area contributed by atoms with Crippen LogP contribution in [0.3, 0.4) is 0 Å². The minimum Gasteiger partial charge on any atom is -0.318 e. The molecule has 0 unspecified atom stereocenters. The molecule has 0 atom stereocenters. The van der Waals surface area contributed by atoms with Crippen LogP contribution in [0.1, 0.15) is 42.3 Å². The summed E-state index contributed by atoms with van der Waals surface area (Å²) in [5.41, 5.74) is 5.30. The summed E-state index contributed by atoms with van der Waals surface area (Å²) in [7, 11) is 1.39. The number of anilines is 1. The largest absolute Gasteiger partial charge is 0.338 e. The third-order valence-corrected chi connectivity index (χ3v) is 6.05. The molecule has 4 rings (SSSR count). The standard InChI is InChI=1S/C27H27N3O3/c1-17(2)20-11-13-23(14-12-20)29-18(3)15-21(19(29)4)16-24-25(31)28(5)27(33)30(26(24)32)22-9-7-6-8-10-22/h6-17H,1-5H3/b24-16+. The predicted octanol–water partition coefficient (Wildman–Crippen LogP) is 5.23. The van der Waals surface area contributed by atoms with E-state index in [0.717, 1.165) is 32.4 Å². The van der Waals surface area contributed by atoms with Gasteiger partial charge in [0.1, 0.15) is 5.57 Å². The average Bonchev–Trinajstić information content (AvgIpc) is 3.09. The summed E-state index contributed by atoms with van der Waals surface area (Å²) in [5, 5.41) is 0. The SMILES string of the molecule is Cc1cc(/C=C2\C(=O)N(C)C(=O)N(c3ccccc3)C2=O)c(C)n1-c1ccc(C(C)C)cc1. The minimum absolute atomic E-state index is 0.0450. The smallest absolute Gasteiger partial charge is 0.318 e. The molecule has 1 aromatic heterocycles. The minimum atomic E-state index is -0.663. The molecule has 0 N–H and O–H groups in total. The average molecular weight is 442 g/mol. The van der Waals surface area contributed by atoms with Crippen LogP contribution in [0.15, 0.2) is 66.2 Å². The fraction of sp³-hybridized carbons (Fsp3) is 0.222. The van der Waals surface area contributed by atoms with E-state index in [1.54, 1.807) is 36.4 Å². The van der Waals surface area contributed by atoms with Crippen LogP contribution in [0.25, 0.3) is 11.8 Å². The number of carbonyl (C=O) groups is 3. The quantitative estimate of drug-likeness (QED) is 0.412. The molecular weight excluding hydrogens is 414 g/mol. The van der Waals surface area contributed by atoms with Gasteiger partial charge in [-0.25, -0.2) is 9.69 Å². The molecule has 0 radical (unpaired) electrons. The first-order valence-electron chi connectivity index (χ1n) is 10.9. The Balaban J connectivity index is 1.76. The van der Waals surface area contributed by atoms with Crippen molar-refractivity contribution in [2.24, 2.45) is 0 Å². The maximum absolute atomic E-state index is 13.3. The number of hydrogen-bond acceptors (Lipinski definition) is 3. The third kappa shape index (κ3) is 3.89. The van der Waals surface area contributed by atoms with Crippen molar-refractivity contribution in [1.82, 2.24) is 9.47 Å². The second-order valence-corrected chi connectivity index (χ2v) is 8.59. The Bertz CT molecular complexity index is 1270. The van der Waals surface area contributed by atoms with Crippen LogP contribution in [-0.2, 0) is 9.59 Å². The highest BCUT2D eigenvalue weighted by molar-refractivity contribution is 6.39. The van der Waals surface area contributed by atoms with Crippen molar-refractivity contribution >= 4 is 29.6 Å². The first kappa shape index (κ1) is 22.3. The third-order valence-electron chi connectivity index (χ3n) is 6.05. The number of barbiturate groups is 1. The predicted molar refractivity (Wildman–Crippen MR) is 129 cm³/mol. The lowest BCUT2D eigenvalue weighted by Gasteiger charge is -2.31. The van der Waals surface area contributed by atoms with Crippen LogP contribution in [0, 0.1) is 13.8 Å². The van der Waals surface area contributed by atoms with E-state index in [-0.39, 0.29) is 5.57 Å². The molecule has 4 amide bonds. The first-order valence-corrected chi connectivity index (χ1v) is 10.9. The van der Waals surface area contributed by atoms with Gasteiger partial charge in [-0.2, -0.15) is 0 Å². The van der Waals surface area contributed by atoms with Gasteiger partial charge in [-0.15, -0.1) is 0 Å². The Morgan fingerprint density at radius 3 is 2.06 bits per heavy atom. The van der Waals surface area contributed by atoms with Gasteiger partial charge in [0.15, 0.2) is 0 Å². The van der Waals surface area contributed by atoms with Crippen LogP contribution in [0.2, 0.25) is 0 Å². The molecule has 1 aliphatic heterocycles. The molecule has 1 fully saturated rings. The van der Waals surface area contributed by atoms with Crippen molar-refractivity contribution in [3.05, 3.63) is 88.8 Å². The van der Waals surface area contributed by atoms with Crippen LogP contribution >= 0.6 is 0 Å². The summed E-state index contributed by atoms with van der Waals surface area (Å²) in [6, 6.07) is 18.3. The van der Waals surface area contributed by atoms with E-state index in [1.165, 1.54) is 12.6 Å². The molecule has 0 bridgehead atoms. The Kier molecular flexibility index (Phi) is 5.77. The Hall–Kier alpha value is -3.93. The molecule has 0 aliphatic carbocycles. The summed E-state index contributed by atoms with van der Waals surface area (Å²) < 4.78 is 2.10. The Morgan fingerprint density at radius 1 is 0.818 bits per heavy atom. The highest BCUT2D eigenvalue weighted by Crippen LogP contribution is 2.28. The summed E-state index contributed by atoms with van der Waals surface area (Å²) in [6.45, 7) is 8.26. The summed E-state index contributed by atoms with van der Waals surface area (Å²) in [6.07, 6.45) is 1.59. The molecular formula is C27H27N3O3. The number of nitrogens with zero attached hydrogens (tertiary/aromatic N) is 3. The number of hydrogen-bond donors (Lipinski definition) is 0. The van der Waals surface area contributed by atoms with Crippen molar-refractivity contribution in [3.63, 3.8) is 0 Å². The molecule has 6 heteroatoms. The lowest BCUT2D eigenvalue weighted by atomic mass is 10.0. The molecule has 168 valence electrons.